The Morgan fingerprint density at radius 2 is 2.18 bits per heavy atom. The minimum atomic E-state index is -0.501. The lowest BCUT2D eigenvalue weighted by atomic mass is 10.2. The molecule has 0 saturated heterocycles. The highest BCUT2D eigenvalue weighted by Crippen LogP contribution is 2.34. The number of likely N-dealkylation sites (N-methyl/N-ethyl adjacent to an activating group) is 1. The third-order valence-corrected chi connectivity index (χ3v) is 2.43. The number of carbonyl (C=O) groups is 3. The number of hydrogen-bond acceptors (Lipinski definition) is 4. The van der Waals surface area contributed by atoms with Crippen LogP contribution in [0.2, 0.25) is 0 Å². The number of rotatable bonds is 8. The van der Waals surface area contributed by atoms with Gasteiger partial charge in [0.2, 0.25) is 18.2 Å². The first-order chi connectivity index (χ1) is 8.19. The summed E-state index contributed by atoms with van der Waals surface area (Å²) in [5.74, 6) is -0.281. The van der Waals surface area contributed by atoms with E-state index < -0.39 is 6.10 Å². The second kappa shape index (κ2) is 6.85. The summed E-state index contributed by atoms with van der Waals surface area (Å²) in [5, 5.41) is 7.20. The summed E-state index contributed by atoms with van der Waals surface area (Å²) in [6.07, 6.45) is 1.88. The molecule has 0 aromatic rings. The Bertz CT molecular complexity index is 291. The zero-order valence-electron chi connectivity index (χ0n) is 9.69. The summed E-state index contributed by atoms with van der Waals surface area (Å²) < 4.78 is 5.31. The lowest BCUT2D eigenvalue weighted by Crippen LogP contribution is -2.40. The second-order valence-corrected chi connectivity index (χ2v) is 3.78. The van der Waals surface area contributed by atoms with Crippen molar-refractivity contribution in [3.8, 4) is 0 Å². The molecule has 1 unspecified atom stereocenters. The fourth-order valence-corrected chi connectivity index (χ4v) is 1.38. The molecule has 0 spiro atoms. The number of nitrogens with one attached hydrogen (secondary N) is 3. The second-order valence-electron chi connectivity index (χ2n) is 3.78. The standard InChI is InChI=1S/C10H17N3O4/c1-11-10(16)9(7-2-3-7)17-6-13-8(15)4-12-5-14/h5,7,9H,2-4,6H2,1H3,(H,11,16)(H,12,14)(H,13,15). The van der Waals surface area contributed by atoms with Gasteiger partial charge in [-0.3, -0.25) is 14.4 Å². The first-order valence-corrected chi connectivity index (χ1v) is 5.46. The molecule has 1 fully saturated rings. The molecule has 7 nitrogen and oxygen atoms in total. The maximum atomic E-state index is 11.4. The van der Waals surface area contributed by atoms with Gasteiger partial charge in [-0.1, -0.05) is 0 Å². The van der Waals surface area contributed by atoms with E-state index in [2.05, 4.69) is 16.0 Å². The highest BCUT2D eigenvalue weighted by molar-refractivity contribution is 5.81. The molecule has 17 heavy (non-hydrogen) atoms. The van der Waals surface area contributed by atoms with E-state index in [4.69, 9.17) is 4.74 Å². The molecule has 0 heterocycles. The molecule has 0 aromatic carbocycles. The molecule has 96 valence electrons. The molecule has 0 bridgehead atoms. The fraction of sp³-hybridized carbons (Fsp3) is 0.700. The highest BCUT2D eigenvalue weighted by atomic mass is 16.5. The first kappa shape index (κ1) is 13.4. The van der Waals surface area contributed by atoms with Crippen molar-refractivity contribution in [2.24, 2.45) is 5.92 Å². The summed E-state index contributed by atoms with van der Waals surface area (Å²) in [6, 6.07) is 0. The van der Waals surface area contributed by atoms with E-state index in [1.165, 1.54) is 0 Å². The van der Waals surface area contributed by atoms with Gasteiger partial charge in [-0.25, -0.2) is 0 Å². The molecule has 0 radical (unpaired) electrons. The molecule has 1 rings (SSSR count). The number of hydrogen-bond donors (Lipinski definition) is 3. The van der Waals surface area contributed by atoms with E-state index >= 15 is 0 Å². The third kappa shape index (κ3) is 4.81. The van der Waals surface area contributed by atoms with E-state index in [1.807, 2.05) is 0 Å². The Kier molecular flexibility index (Phi) is 5.41. The summed E-state index contributed by atoms with van der Waals surface area (Å²) in [7, 11) is 1.55. The van der Waals surface area contributed by atoms with Gasteiger partial charge >= 0.3 is 0 Å². The Morgan fingerprint density at radius 3 is 2.71 bits per heavy atom. The van der Waals surface area contributed by atoms with Crippen molar-refractivity contribution in [1.29, 1.82) is 0 Å². The largest absolute Gasteiger partial charge is 0.357 e. The van der Waals surface area contributed by atoms with Gasteiger partial charge in [-0.05, 0) is 18.8 Å². The quantitative estimate of drug-likeness (QED) is 0.351. The lowest BCUT2D eigenvalue weighted by Gasteiger charge is -2.15. The van der Waals surface area contributed by atoms with Crippen LogP contribution in [0.15, 0.2) is 0 Å². The number of ether oxygens (including phenoxy) is 1. The summed E-state index contributed by atoms with van der Waals surface area (Å²) in [6.45, 7) is -0.130. The van der Waals surface area contributed by atoms with Crippen LogP contribution in [0.1, 0.15) is 12.8 Å². The predicted molar refractivity (Wildman–Crippen MR) is 58.7 cm³/mol. The molecule has 1 atom stereocenters. The maximum absolute atomic E-state index is 11.4. The zero-order valence-corrected chi connectivity index (χ0v) is 9.69. The predicted octanol–water partition coefficient (Wildman–Crippen LogP) is -1.65. The molecular formula is C10H17N3O4. The minimum absolute atomic E-state index is 0.0338. The van der Waals surface area contributed by atoms with E-state index in [0.29, 0.717) is 6.41 Å². The van der Waals surface area contributed by atoms with Crippen molar-refractivity contribution in [3.05, 3.63) is 0 Å². The topological polar surface area (TPSA) is 96.5 Å². The summed E-state index contributed by atoms with van der Waals surface area (Å²) in [4.78, 5) is 32.5. The van der Waals surface area contributed by atoms with Gasteiger partial charge in [0.25, 0.3) is 0 Å². The van der Waals surface area contributed by atoms with Gasteiger partial charge in [-0.2, -0.15) is 0 Å². The van der Waals surface area contributed by atoms with E-state index in [9.17, 15) is 14.4 Å². The van der Waals surface area contributed by atoms with Crippen molar-refractivity contribution in [3.63, 3.8) is 0 Å². The number of amides is 3. The molecule has 0 aromatic heterocycles. The SMILES string of the molecule is CNC(=O)C(OCNC(=O)CNC=O)C1CC1. The molecule has 1 saturated carbocycles. The average Bonchev–Trinajstić information content (AvgIpc) is 3.15. The lowest BCUT2D eigenvalue weighted by molar-refractivity contribution is -0.136. The van der Waals surface area contributed by atoms with Crippen LogP contribution < -0.4 is 16.0 Å². The van der Waals surface area contributed by atoms with Crippen LogP contribution in [0.25, 0.3) is 0 Å². The summed E-state index contributed by atoms with van der Waals surface area (Å²) >= 11 is 0. The Morgan fingerprint density at radius 1 is 1.47 bits per heavy atom. The van der Waals surface area contributed by atoms with Crippen LogP contribution in [-0.2, 0) is 19.1 Å². The molecule has 3 amide bonds. The average molecular weight is 243 g/mol. The van der Waals surface area contributed by atoms with Crippen LogP contribution in [0.5, 0.6) is 0 Å². The number of carbonyl (C=O) groups excluding carboxylic acids is 3. The molecule has 1 aliphatic carbocycles. The molecule has 7 heteroatoms. The molecule has 1 aliphatic rings. The molecular weight excluding hydrogens is 226 g/mol. The Balaban J connectivity index is 2.20. The van der Waals surface area contributed by atoms with Gasteiger partial charge < -0.3 is 20.7 Å². The van der Waals surface area contributed by atoms with Crippen LogP contribution in [0.4, 0.5) is 0 Å². The van der Waals surface area contributed by atoms with Crippen molar-refractivity contribution >= 4 is 18.2 Å². The van der Waals surface area contributed by atoms with Gasteiger partial charge in [0.1, 0.15) is 12.8 Å². The molecule has 3 N–H and O–H groups in total. The van der Waals surface area contributed by atoms with Crippen LogP contribution >= 0.6 is 0 Å². The van der Waals surface area contributed by atoms with Crippen LogP contribution in [-0.4, -0.2) is 44.7 Å². The van der Waals surface area contributed by atoms with E-state index in [-0.39, 0.29) is 31.0 Å². The smallest absolute Gasteiger partial charge is 0.249 e. The van der Waals surface area contributed by atoms with Crippen molar-refractivity contribution in [2.45, 2.75) is 18.9 Å². The maximum Gasteiger partial charge on any atom is 0.249 e. The van der Waals surface area contributed by atoms with Gasteiger partial charge in [0, 0.05) is 7.05 Å². The Labute approximate surface area is 99.3 Å². The Hall–Kier alpha value is -1.63. The van der Waals surface area contributed by atoms with E-state index in [1.54, 1.807) is 7.05 Å². The van der Waals surface area contributed by atoms with Gasteiger partial charge in [0.15, 0.2) is 0 Å². The fourth-order valence-electron chi connectivity index (χ4n) is 1.38. The van der Waals surface area contributed by atoms with Crippen molar-refractivity contribution < 1.29 is 19.1 Å². The normalized spacial score (nSPS) is 15.8. The van der Waals surface area contributed by atoms with Gasteiger partial charge in [-0.15, -0.1) is 0 Å². The third-order valence-electron chi connectivity index (χ3n) is 2.43. The molecule has 0 aliphatic heterocycles. The monoisotopic (exact) mass is 243 g/mol. The van der Waals surface area contributed by atoms with Crippen molar-refractivity contribution in [1.82, 2.24) is 16.0 Å². The van der Waals surface area contributed by atoms with Crippen molar-refractivity contribution in [2.75, 3.05) is 20.3 Å². The van der Waals surface area contributed by atoms with Crippen LogP contribution in [0.3, 0.4) is 0 Å². The first-order valence-electron chi connectivity index (χ1n) is 5.46. The van der Waals surface area contributed by atoms with E-state index in [0.717, 1.165) is 12.8 Å². The van der Waals surface area contributed by atoms with Crippen LogP contribution in [0, 0.1) is 5.92 Å². The highest BCUT2D eigenvalue weighted by Gasteiger charge is 2.36. The summed E-state index contributed by atoms with van der Waals surface area (Å²) in [5.41, 5.74) is 0. The minimum Gasteiger partial charge on any atom is -0.357 e. The van der Waals surface area contributed by atoms with Gasteiger partial charge in [0.05, 0.1) is 6.54 Å². The zero-order chi connectivity index (χ0) is 12.7.